The number of hydrogen-bond acceptors (Lipinski definition) is 3. The molecule has 23 heavy (non-hydrogen) atoms. The molecular formula is C18H27N3OS. The third-order valence-electron chi connectivity index (χ3n) is 4.01. The third kappa shape index (κ3) is 5.59. The SMILES string of the molecule is CC(=NNC(=S)NCC1CCCO1)c1ccc(C(C)(C)C)cc1. The number of hydrazone groups is 1. The zero-order valence-corrected chi connectivity index (χ0v) is 15.3. The number of rotatable bonds is 4. The van der Waals surface area contributed by atoms with E-state index in [-0.39, 0.29) is 11.5 Å². The Labute approximate surface area is 144 Å². The molecule has 1 aliphatic heterocycles. The molecule has 0 amide bonds. The summed E-state index contributed by atoms with van der Waals surface area (Å²) in [6, 6.07) is 8.51. The van der Waals surface area contributed by atoms with Gasteiger partial charge in [0.25, 0.3) is 0 Å². The molecule has 1 heterocycles. The van der Waals surface area contributed by atoms with Crippen molar-refractivity contribution in [2.45, 2.75) is 52.1 Å². The molecule has 0 bridgehead atoms. The summed E-state index contributed by atoms with van der Waals surface area (Å²) in [4.78, 5) is 0. The topological polar surface area (TPSA) is 45.7 Å². The van der Waals surface area contributed by atoms with E-state index in [9.17, 15) is 0 Å². The van der Waals surface area contributed by atoms with Gasteiger partial charge in [0.2, 0.25) is 0 Å². The summed E-state index contributed by atoms with van der Waals surface area (Å²) in [5, 5.41) is 8.04. The first kappa shape index (κ1) is 17.9. The second-order valence-electron chi connectivity index (χ2n) is 6.98. The number of nitrogens with one attached hydrogen (secondary N) is 2. The summed E-state index contributed by atoms with van der Waals surface area (Å²) < 4.78 is 5.55. The summed E-state index contributed by atoms with van der Waals surface area (Å²) >= 11 is 5.24. The fourth-order valence-corrected chi connectivity index (χ4v) is 2.59. The van der Waals surface area contributed by atoms with Gasteiger partial charge in [0.1, 0.15) is 0 Å². The van der Waals surface area contributed by atoms with Crippen LogP contribution in [0.5, 0.6) is 0 Å². The molecule has 2 rings (SSSR count). The summed E-state index contributed by atoms with van der Waals surface area (Å²) in [6.45, 7) is 10.2. The van der Waals surface area contributed by atoms with E-state index in [4.69, 9.17) is 17.0 Å². The summed E-state index contributed by atoms with van der Waals surface area (Å²) in [5.41, 5.74) is 6.38. The Balaban J connectivity index is 1.85. The van der Waals surface area contributed by atoms with Crippen molar-refractivity contribution in [3.63, 3.8) is 0 Å². The van der Waals surface area contributed by atoms with Crippen molar-refractivity contribution in [1.29, 1.82) is 0 Å². The molecule has 4 nitrogen and oxygen atoms in total. The van der Waals surface area contributed by atoms with Crippen LogP contribution in [-0.4, -0.2) is 30.1 Å². The molecule has 1 atom stereocenters. The molecule has 0 radical (unpaired) electrons. The molecule has 1 aromatic carbocycles. The van der Waals surface area contributed by atoms with E-state index in [0.29, 0.717) is 5.11 Å². The number of benzene rings is 1. The minimum Gasteiger partial charge on any atom is -0.376 e. The Morgan fingerprint density at radius 3 is 2.57 bits per heavy atom. The van der Waals surface area contributed by atoms with Crippen LogP contribution in [0, 0.1) is 0 Å². The van der Waals surface area contributed by atoms with Crippen LogP contribution in [0.4, 0.5) is 0 Å². The van der Waals surface area contributed by atoms with Crippen LogP contribution in [0.1, 0.15) is 51.7 Å². The minimum absolute atomic E-state index is 0.162. The highest BCUT2D eigenvalue weighted by Gasteiger charge is 2.15. The third-order valence-corrected chi connectivity index (χ3v) is 4.24. The van der Waals surface area contributed by atoms with Gasteiger partial charge in [0.15, 0.2) is 5.11 Å². The van der Waals surface area contributed by atoms with E-state index in [0.717, 1.165) is 37.3 Å². The van der Waals surface area contributed by atoms with Crippen molar-refractivity contribution >= 4 is 23.0 Å². The maximum absolute atomic E-state index is 5.55. The van der Waals surface area contributed by atoms with Crippen LogP contribution in [0.25, 0.3) is 0 Å². The molecule has 2 N–H and O–H groups in total. The molecule has 0 spiro atoms. The Bertz CT molecular complexity index is 555. The second kappa shape index (κ2) is 7.88. The van der Waals surface area contributed by atoms with Crippen molar-refractivity contribution in [1.82, 2.24) is 10.7 Å². The van der Waals surface area contributed by atoms with E-state index < -0.39 is 0 Å². The molecule has 1 aliphatic rings. The first-order chi connectivity index (χ1) is 10.9. The van der Waals surface area contributed by atoms with Crippen LogP contribution in [-0.2, 0) is 10.2 Å². The molecule has 1 unspecified atom stereocenters. The van der Waals surface area contributed by atoms with E-state index in [2.05, 4.69) is 60.9 Å². The molecule has 1 fully saturated rings. The van der Waals surface area contributed by atoms with Gasteiger partial charge in [-0.2, -0.15) is 5.10 Å². The minimum atomic E-state index is 0.162. The van der Waals surface area contributed by atoms with Gasteiger partial charge in [-0.05, 0) is 48.5 Å². The first-order valence-electron chi connectivity index (χ1n) is 8.17. The van der Waals surface area contributed by atoms with Crippen LogP contribution in [0.3, 0.4) is 0 Å². The molecule has 1 saturated heterocycles. The highest BCUT2D eigenvalue weighted by atomic mass is 32.1. The molecule has 126 valence electrons. The smallest absolute Gasteiger partial charge is 0.187 e. The second-order valence-corrected chi connectivity index (χ2v) is 7.39. The molecule has 5 heteroatoms. The maximum Gasteiger partial charge on any atom is 0.187 e. The lowest BCUT2D eigenvalue weighted by Crippen LogP contribution is -2.37. The monoisotopic (exact) mass is 333 g/mol. The van der Waals surface area contributed by atoms with Gasteiger partial charge >= 0.3 is 0 Å². The van der Waals surface area contributed by atoms with Gasteiger partial charge in [-0.1, -0.05) is 45.0 Å². The van der Waals surface area contributed by atoms with E-state index >= 15 is 0 Å². The van der Waals surface area contributed by atoms with E-state index in [1.165, 1.54) is 5.56 Å². The van der Waals surface area contributed by atoms with Crippen molar-refractivity contribution in [3.8, 4) is 0 Å². The fraction of sp³-hybridized carbons (Fsp3) is 0.556. The normalized spacial score (nSPS) is 18.8. The average Bonchev–Trinajstić information content (AvgIpc) is 3.03. The van der Waals surface area contributed by atoms with Crippen molar-refractivity contribution < 1.29 is 4.74 Å². The average molecular weight is 334 g/mol. The zero-order valence-electron chi connectivity index (χ0n) is 14.5. The Kier molecular flexibility index (Phi) is 6.13. The van der Waals surface area contributed by atoms with Gasteiger partial charge < -0.3 is 10.1 Å². The summed E-state index contributed by atoms with van der Waals surface area (Å²) in [6.07, 6.45) is 2.50. The lowest BCUT2D eigenvalue weighted by molar-refractivity contribution is 0.114. The lowest BCUT2D eigenvalue weighted by Gasteiger charge is -2.19. The summed E-state index contributed by atoms with van der Waals surface area (Å²) in [7, 11) is 0. The Morgan fingerprint density at radius 2 is 2.00 bits per heavy atom. The van der Waals surface area contributed by atoms with Gasteiger partial charge in [-0.3, -0.25) is 5.43 Å². The molecule has 0 aromatic heterocycles. The van der Waals surface area contributed by atoms with Gasteiger partial charge in [-0.15, -0.1) is 0 Å². The maximum atomic E-state index is 5.55. The van der Waals surface area contributed by atoms with Crippen LogP contribution < -0.4 is 10.7 Å². The van der Waals surface area contributed by atoms with Crippen LogP contribution in [0.2, 0.25) is 0 Å². The van der Waals surface area contributed by atoms with Gasteiger partial charge in [-0.25, -0.2) is 0 Å². The zero-order chi connectivity index (χ0) is 16.9. The van der Waals surface area contributed by atoms with E-state index in [1.807, 2.05) is 6.92 Å². The standard InChI is InChI=1S/C18H27N3OS/c1-13(14-7-9-15(10-8-14)18(2,3)4)20-21-17(23)19-12-16-6-5-11-22-16/h7-10,16H,5-6,11-12H2,1-4H3,(H2,19,21,23). The predicted octanol–water partition coefficient (Wildman–Crippen LogP) is 3.35. The van der Waals surface area contributed by atoms with Crippen LogP contribution >= 0.6 is 12.2 Å². The van der Waals surface area contributed by atoms with Crippen molar-refractivity contribution in [2.75, 3.05) is 13.2 Å². The van der Waals surface area contributed by atoms with Crippen molar-refractivity contribution in [2.24, 2.45) is 5.10 Å². The van der Waals surface area contributed by atoms with E-state index in [1.54, 1.807) is 0 Å². The largest absolute Gasteiger partial charge is 0.376 e. The Morgan fingerprint density at radius 1 is 1.30 bits per heavy atom. The van der Waals surface area contributed by atoms with Crippen LogP contribution in [0.15, 0.2) is 29.4 Å². The highest BCUT2D eigenvalue weighted by Crippen LogP contribution is 2.22. The van der Waals surface area contributed by atoms with Gasteiger partial charge in [0, 0.05) is 13.2 Å². The highest BCUT2D eigenvalue weighted by molar-refractivity contribution is 7.80. The molecule has 0 saturated carbocycles. The summed E-state index contributed by atoms with van der Waals surface area (Å²) in [5.74, 6) is 0. The lowest BCUT2D eigenvalue weighted by atomic mass is 9.86. The first-order valence-corrected chi connectivity index (χ1v) is 8.58. The molecule has 0 aliphatic carbocycles. The fourth-order valence-electron chi connectivity index (χ4n) is 2.46. The predicted molar refractivity (Wildman–Crippen MR) is 100 cm³/mol. The molecule has 1 aromatic rings. The number of thiocarbonyl (C=S) groups is 1. The van der Waals surface area contributed by atoms with Crippen molar-refractivity contribution in [3.05, 3.63) is 35.4 Å². The Hall–Kier alpha value is -1.46. The number of hydrogen-bond donors (Lipinski definition) is 2. The number of nitrogens with zero attached hydrogens (tertiary/aromatic N) is 1. The quantitative estimate of drug-likeness (QED) is 0.504. The van der Waals surface area contributed by atoms with Gasteiger partial charge in [0.05, 0.1) is 11.8 Å². The number of ether oxygens (including phenoxy) is 1. The molecular weight excluding hydrogens is 306 g/mol.